The Labute approximate surface area is 163 Å². The van der Waals surface area contributed by atoms with Crippen LogP contribution >= 0.6 is 23.2 Å². The van der Waals surface area contributed by atoms with Crippen molar-refractivity contribution in [3.05, 3.63) is 52.6 Å². The first-order valence-electron chi connectivity index (χ1n) is 8.03. The Kier molecular flexibility index (Phi) is 5.27. The van der Waals surface area contributed by atoms with Crippen LogP contribution < -0.4 is 5.32 Å². The standard InChI is InChI=1S/C18H15Cl2F3N2O2/c1-10(26)24-15-4-2-3-11(5-15)16-9-17(27-25-16,18(21,22)23)12-6-13(19)8-14(20)7-12/h2-7,13H,8-9H2,1H3,(H,24,26). The molecule has 0 saturated heterocycles. The van der Waals surface area contributed by atoms with Crippen LogP contribution in [0.15, 0.2) is 52.2 Å². The largest absolute Gasteiger partial charge is 0.435 e. The molecule has 2 atom stereocenters. The van der Waals surface area contributed by atoms with Crippen LogP contribution in [0.2, 0.25) is 0 Å². The van der Waals surface area contributed by atoms with Gasteiger partial charge < -0.3 is 10.2 Å². The third kappa shape index (κ3) is 3.99. The number of benzene rings is 1. The van der Waals surface area contributed by atoms with Gasteiger partial charge >= 0.3 is 6.18 Å². The number of nitrogens with one attached hydrogen (secondary N) is 1. The molecule has 1 aromatic rings. The van der Waals surface area contributed by atoms with E-state index in [9.17, 15) is 18.0 Å². The topological polar surface area (TPSA) is 50.7 Å². The molecule has 4 nitrogen and oxygen atoms in total. The Morgan fingerprint density at radius 2 is 2.15 bits per heavy atom. The lowest BCUT2D eigenvalue weighted by molar-refractivity contribution is -0.252. The van der Waals surface area contributed by atoms with E-state index in [1.54, 1.807) is 24.3 Å². The molecule has 0 spiro atoms. The van der Waals surface area contributed by atoms with E-state index in [0.717, 1.165) is 0 Å². The fourth-order valence-corrected chi connectivity index (χ4v) is 3.67. The number of carbonyl (C=O) groups excluding carboxylic acids is 1. The Balaban J connectivity index is 1.95. The predicted molar refractivity (Wildman–Crippen MR) is 98.0 cm³/mol. The summed E-state index contributed by atoms with van der Waals surface area (Å²) in [7, 11) is 0. The number of anilines is 1. The number of hydrogen-bond acceptors (Lipinski definition) is 3. The fourth-order valence-electron chi connectivity index (χ4n) is 3.01. The number of carbonyl (C=O) groups is 1. The van der Waals surface area contributed by atoms with Crippen molar-refractivity contribution in [3.63, 3.8) is 0 Å². The van der Waals surface area contributed by atoms with Crippen LogP contribution in [0.5, 0.6) is 0 Å². The molecule has 0 saturated carbocycles. The van der Waals surface area contributed by atoms with E-state index in [0.29, 0.717) is 11.3 Å². The van der Waals surface area contributed by atoms with E-state index in [2.05, 4.69) is 10.5 Å². The maximum absolute atomic E-state index is 14.0. The molecule has 2 aliphatic rings. The lowest BCUT2D eigenvalue weighted by atomic mass is 9.83. The predicted octanol–water partition coefficient (Wildman–Crippen LogP) is 5.13. The van der Waals surface area contributed by atoms with Gasteiger partial charge in [0.2, 0.25) is 5.91 Å². The maximum atomic E-state index is 14.0. The summed E-state index contributed by atoms with van der Waals surface area (Å²) in [4.78, 5) is 16.2. The molecule has 3 rings (SSSR count). The zero-order valence-electron chi connectivity index (χ0n) is 14.1. The molecular formula is C18H15Cl2F3N2O2. The van der Waals surface area contributed by atoms with Crippen molar-refractivity contribution in [2.75, 3.05) is 5.32 Å². The Morgan fingerprint density at radius 3 is 2.78 bits per heavy atom. The van der Waals surface area contributed by atoms with Gasteiger partial charge in [-0.2, -0.15) is 13.2 Å². The van der Waals surface area contributed by atoms with E-state index in [4.69, 9.17) is 28.0 Å². The zero-order valence-corrected chi connectivity index (χ0v) is 15.6. The van der Waals surface area contributed by atoms with Crippen LogP contribution in [0.25, 0.3) is 0 Å². The minimum absolute atomic E-state index is 0.113. The van der Waals surface area contributed by atoms with Gasteiger partial charge in [-0.1, -0.05) is 35.0 Å². The molecule has 0 radical (unpaired) electrons. The summed E-state index contributed by atoms with van der Waals surface area (Å²) in [6, 6.07) is 6.38. The molecule has 1 amide bonds. The summed E-state index contributed by atoms with van der Waals surface area (Å²) in [5.41, 5.74) is -1.83. The number of alkyl halides is 4. The van der Waals surface area contributed by atoms with Crippen molar-refractivity contribution in [1.29, 1.82) is 0 Å². The summed E-state index contributed by atoms with van der Waals surface area (Å²) in [6.07, 6.45) is -2.47. The van der Waals surface area contributed by atoms with E-state index in [-0.39, 0.29) is 28.6 Å². The van der Waals surface area contributed by atoms with Crippen LogP contribution in [0.4, 0.5) is 18.9 Å². The Hall–Kier alpha value is -1.99. The van der Waals surface area contributed by atoms with Crippen LogP contribution in [-0.4, -0.2) is 28.8 Å². The highest BCUT2D eigenvalue weighted by atomic mass is 35.5. The highest BCUT2D eigenvalue weighted by Gasteiger charge is 2.63. The van der Waals surface area contributed by atoms with E-state index >= 15 is 0 Å². The zero-order chi connectivity index (χ0) is 19.8. The fraction of sp³-hybridized carbons (Fsp3) is 0.333. The second kappa shape index (κ2) is 7.20. The second-order valence-electron chi connectivity index (χ2n) is 6.33. The van der Waals surface area contributed by atoms with Gasteiger partial charge in [-0.05, 0) is 18.2 Å². The third-order valence-electron chi connectivity index (χ3n) is 4.23. The number of rotatable bonds is 3. The van der Waals surface area contributed by atoms with Gasteiger partial charge in [0, 0.05) is 41.6 Å². The van der Waals surface area contributed by atoms with Crippen molar-refractivity contribution in [2.45, 2.75) is 36.9 Å². The first-order chi connectivity index (χ1) is 12.6. The van der Waals surface area contributed by atoms with Crippen LogP contribution in [0.1, 0.15) is 25.3 Å². The summed E-state index contributed by atoms with van der Waals surface area (Å²) < 4.78 is 42.0. The van der Waals surface area contributed by atoms with Gasteiger partial charge in [0.1, 0.15) is 0 Å². The summed E-state index contributed by atoms with van der Waals surface area (Å²) in [6.45, 7) is 1.34. The van der Waals surface area contributed by atoms with Gasteiger partial charge in [0.15, 0.2) is 0 Å². The van der Waals surface area contributed by atoms with Crippen LogP contribution in [0, 0.1) is 0 Å². The molecule has 1 aromatic carbocycles. The molecule has 0 aromatic heterocycles. The SMILES string of the molecule is CC(=O)Nc1cccc(C2=NOC(C3=CC(Cl)CC(Cl)=C3)(C(F)(F)F)C2)c1. The highest BCUT2D eigenvalue weighted by Crippen LogP contribution is 2.48. The van der Waals surface area contributed by atoms with Gasteiger partial charge in [-0.3, -0.25) is 4.79 Å². The lowest BCUT2D eigenvalue weighted by Crippen LogP contribution is -2.47. The first kappa shape index (κ1) is 19.8. The number of halogens is 5. The number of allylic oxidation sites excluding steroid dienone is 2. The van der Waals surface area contributed by atoms with Crippen molar-refractivity contribution in [1.82, 2.24) is 0 Å². The molecule has 1 aliphatic heterocycles. The molecule has 1 heterocycles. The quantitative estimate of drug-likeness (QED) is 0.691. The van der Waals surface area contributed by atoms with Crippen molar-refractivity contribution in [2.24, 2.45) is 5.16 Å². The molecule has 0 bridgehead atoms. The number of hydrogen-bond donors (Lipinski definition) is 1. The molecule has 27 heavy (non-hydrogen) atoms. The second-order valence-corrected chi connectivity index (χ2v) is 7.37. The monoisotopic (exact) mass is 418 g/mol. The number of amides is 1. The Morgan fingerprint density at radius 1 is 1.41 bits per heavy atom. The molecule has 0 fully saturated rings. The van der Waals surface area contributed by atoms with E-state index in [1.807, 2.05) is 0 Å². The average molecular weight is 419 g/mol. The van der Waals surface area contributed by atoms with Gasteiger partial charge in [0.25, 0.3) is 5.60 Å². The molecule has 2 unspecified atom stereocenters. The maximum Gasteiger partial charge on any atom is 0.435 e. The van der Waals surface area contributed by atoms with Crippen LogP contribution in [-0.2, 0) is 9.63 Å². The normalized spacial score (nSPS) is 25.3. The minimum atomic E-state index is -4.74. The van der Waals surface area contributed by atoms with Crippen molar-refractivity contribution in [3.8, 4) is 0 Å². The summed E-state index contributed by atoms with van der Waals surface area (Å²) in [5.74, 6) is -0.290. The van der Waals surface area contributed by atoms with Crippen molar-refractivity contribution < 1.29 is 22.8 Å². The molecule has 1 N–H and O–H groups in total. The summed E-state index contributed by atoms with van der Waals surface area (Å²) >= 11 is 12.0. The van der Waals surface area contributed by atoms with Gasteiger partial charge in [-0.25, -0.2) is 0 Å². The average Bonchev–Trinajstić information content (AvgIpc) is 3.00. The first-order valence-corrected chi connectivity index (χ1v) is 8.84. The van der Waals surface area contributed by atoms with Crippen molar-refractivity contribution >= 4 is 40.5 Å². The number of nitrogens with zero attached hydrogens (tertiary/aromatic N) is 1. The van der Waals surface area contributed by atoms with Crippen LogP contribution in [0.3, 0.4) is 0 Å². The van der Waals surface area contributed by atoms with Gasteiger partial charge in [0.05, 0.1) is 11.1 Å². The Bertz CT molecular complexity index is 864. The number of oxime groups is 1. The lowest BCUT2D eigenvalue weighted by Gasteiger charge is -2.32. The van der Waals surface area contributed by atoms with E-state index in [1.165, 1.54) is 19.1 Å². The van der Waals surface area contributed by atoms with E-state index < -0.39 is 23.6 Å². The van der Waals surface area contributed by atoms with Gasteiger partial charge in [-0.15, -0.1) is 11.6 Å². The third-order valence-corrected chi connectivity index (χ3v) is 4.77. The molecule has 9 heteroatoms. The highest BCUT2D eigenvalue weighted by molar-refractivity contribution is 6.31. The molecule has 1 aliphatic carbocycles. The molecule has 144 valence electrons. The summed E-state index contributed by atoms with van der Waals surface area (Å²) in [5, 5.41) is 5.84. The molecular weight excluding hydrogens is 404 g/mol. The minimum Gasteiger partial charge on any atom is -0.374 e. The smallest absolute Gasteiger partial charge is 0.374 e.